The third-order valence-electron chi connectivity index (χ3n) is 0. The third kappa shape index (κ3) is 3720. The van der Waals surface area contributed by atoms with Gasteiger partial charge >= 0.3 is 0 Å². The summed E-state index contributed by atoms with van der Waals surface area (Å²) in [5.74, 6) is -5.00. The number of carbonyl (C=O) groups is 6. The average molecular weight is 474 g/mol. The first-order valence-electron chi connectivity index (χ1n) is 5.57. The van der Waals surface area contributed by atoms with E-state index in [1.807, 2.05) is 0 Å². The minimum absolute atomic E-state index is 0. The van der Waals surface area contributed by atoms with Crippen molar-refractivity contribution in [2.75, 3.05) is 0 Å². The van der Waals surface area contributed by atoms with E-state index < -0.39 is 35.8 Å². The zero-order chi connectivity index (χ0) is 21.5. The summed E-state index contributed by atoms with van der Waals surface area (Å²) in [6, 6.07) is 0. The molecule has 0 rings (SSSR count). The van der Waals surface area contributed by atoms with Gasteiger partial charge in [0.05, 0.1) is 0 Å². The fourth-order valence-corrected chi connectivity index (χ4v) is 0. The van der Waals surface area contributed by atoms with Crippen LogP contribution >= 0.6 is 0 Å². The van der Waals surface area contributed by atoms with E-state index >= 15 is 0 Å². The number of rotatable bonds is 0. The van der Waals surface area contributed by atoms with Gasteiger partial charge in [-0.3, -0.25) is 28.8 Å². The fraction of sp³-hybridized carbons (Fsp3) is 0.500. The number of carboxylic acid groups (broad SMARTS) is 6. The van der Waals surface area contributed by atoms with Crippen molar-refractivity contribution in [1.29, 1.82) is 0 Å². The molecule has 0 saturated heterocycles. The molecule has 0 aliphatic carbocycles. The zero-order valence-electron chi connectivity index (χ0n) is 15.6. The van der Waals surface area contributed by atoms with Crippen LogP contribution in [0.4, 0.5) is 0 Å². The Balaban J connectivity index is -0.0000000201. The second kappa shape index (κ2) is 49.6. The topological polar surface area (TPSA) is 255 Å². The van der Waals surface area contributed by atoms with Crippen LogP contribution in [0.2, 0.25) is 0 Å². The molecule has 27 heavy (non-hydrogen) atoms. The van der Waals surface area contributed by atoms with E-state index in [2.05, 4.69) is 0 Å². The average Bonchev–Trinajstić information content (AvgIpc) is 2.08. The molecule has 0 amide bonds. The molecule has 0 unspecified atom stereocenters. The van der Waals surface area contributed by atoms with Crippen LogP contribution in [0.5, 0.6) is 0 Å². The Kier molecular flexibility index (Phi) is 103. The summed E-state index contributed by atoms with van der Waals surface area (Å²) in [5.41, 5.74) is 0. The monoisotopic (exact) mass is 474 g/mol. The van der Waals surface area contributed by atoms with Crippen LogP contribution in [0.15, 0.2) is 0 Å². The van der Waals surface area contributed by atoms with Crippen molar-refractivity contribution < 1.29 is 108 Å². The van der Waals surface area contributed by atoms with E-state index in [0.29, 0.717) is 0 Å². The first-order valence-corrected chi connectivity index (χ1v) is 5.57. The van der Waals surface area contributed by atoms with Crippen molar-refractivity contribution in [3.05, 3.63) is 0 Å². The van der Waals surface area contributed by atoms with Gasteiger partial charge in [0, 0.05) is 85.0 Å². The summed E-state index contributed by atoms with van der Waals surface area (Å²) in [6.07, 6.45) is 0. The Morgan fingerprint density at radius 1 is 0.370 bits per heavy atom. The molecule has 0 spiro atoms. The molecule has 8 N–H and O–H groups in total. The molecular weight excluding hydrogens is 448 g/mol. The third-order valence-corrected chi connectivity index (χ3v) is 0. The van der Waals surface area contributed by atoms with Crippen molar-refractivity contribution in [2.24, 2.45) is 0 Å². The molecule has 0 fully saturated rings. The summed E-state index contributed by atoms with van der Waals surface area (Å²) in [7, 11) is 0. The summed E-state index contributed by atoms with van der Waals surface area (Å²) >= 11 is 0. The standard InChI is InChI=1S/6C2H4O2.H2O.2Ti/c6*1-2(3)4;;;/h6*1H3,(H,3,4);1H2;;. The maximum Gasteiger partial charge on any atom is 0.300 e. The number of hydrogen-bond acceptors (Lipinski definition) is 6. The molecule has 0 aromatic rings. The predicted octanol–water partition coefficient (Wildman–Crippen LogP) is -0.284. The smallest absolute Gasteiger partial charge is 0.300 e. The maximum absolute atomic E-state index is 9.00. The van der Waals surface area contributed by atoms with Gasteiger partial charge < -0.3 is 36.1 Å². The molecule has 0 aromatic heterocycles. The quantitative estimate of drug-likeness (QED) is 0.248. The molecule has 0 atom stereocenters. The van der Waals surface area contributed by atoms with E-state index in [1.54, 1.807) is 0 Å². The molecule has 0 aliphatic heterocycles. The first kappa shape index (κ1) is 56.2. The Morgan fingerprint density at radius 3 is 0.370 bits per heavy atom. The van der Waals surface area contributed by atoms with E-state index in [4.69, 9.17) is 59.4 Å². The van der Waals surface area contributed by atoms with Gasteiger partial charge in [-0.1, -0.05) is 0 Å². The Morgan fingerprint density at radius 2 is 0.370 bits per heavy atom. The van der Waals surface area contributed by atoms with Crippen LogP contribution in [0.1, 0.15) is 41.5 Å². The van der Waals surface area contributed by atoms with Gasteiger partial charge in [-0.05, 0) is 0 Å². The van der Waals surface area contributed by atoms with Crippen LogP contribution in [0.25, 0.3) is 0 Å². The molecule has 15 heteroatoms. The van der Waals surface area contributed by atoms with E-state index in [-0.39, 0.29) is 48.9 Å². The second-order valence-corrected chi connectivity index (χ2v) is 3.11. The van der Waals surface area contributed by atoms with Crippen LogP contribution in [0.3, 0.4) is 0 Å². The van der Waals surface area contributed by atoms with Gasteiger partial charge in [0.25, 0.3) is 35.8 Å². The summed E-state index contributed by atoms with van der Waals surface area (Å²) in [4.78, 5) is 54.0. The molecule has 13 nitrogen and oxygen atoms in total. The van der Waals surface area contributed by atoms with Crippen molar-refractivity contribution in [1.82, 2.24) is 0 Å². The molecule has 0 aliphatic rings. The SMILES string of the molecule is CC(=O)O.CC(=O)O.CC(=O)O.CC(=O)O.CC(=O)O.CC(=O)O.O.[Ti].[Ti]. The Hall–Kier alpha value is -1.79. The summed E-state index contributed by atoms with van der Waals surface area (Å²) in [6.45, 7) is 6.50. The van der Waals surface area contributed by atoms with Crippen LogP contribution in [0, 0.1) is 0 Å². The minimum Gasteiger partial charge on any atom is -0.481 e. The Bertz CT molecular complexity index is 266. The van der Waals surface area contributed by atoms with E-state index in [9.17, 15) is 0 Å². The number of hydrogen-bond donors (Lipinski definition) is 6. The van der Waals surface area contributed by atoms with Crippen molar-refractivity contribution in [3.8, 4) is 0 Å². The van der Waals surface area contributed by atoms with Crippen LogP contribution < -0.4 is 0 Å². The van der Waals surface area contributed by atoms with E-state index in [1.165, 1.54) is 0 Å². The fourth-order valence-electron chi connectivity index (χ4n) is 0. The van der Waals surface area contributed by atoms with Gasteiger partial charge in [-0.25, -0.2) is 0 Å². The molecule has 0 bridgehead atoms. The van der Waals surface area contributed by atoms with Gasteiger partial charge in [0.15, 0.2) is 0 Å². The van der Waals surface area contributed by atoms with Gasteiger partial charge in [0.1, 0.15) is 0 Å². The number of aliphatic carboxylic acids is 6. The summed E-state index contributed by atoms with van der Waals surface area (Å²) < 4.78 is 0. The molecule has 160 valence electrons. The first-order chi connectivity index (χ1) is 10.4. The van der Waals surface area contributed by atoms with Crippen LogP contribution in [-0.4, -0.2) is 71.9 Å². The maximum atomic E-state index is 9.00. The van der Waals surface area contributed by atoms with Crippen LogP contribution in [-0.2, 0) is 72.2 Å². The molecular formula is C12H26O13Ti2. The molecule has 0 aromatic carbocycles. The van der Waals surface area contributed by atoms with E-state index in [0.717, 1.165) is 41.5 Å². The van der Waals surface area contributed by atoms with Crippen molar-refractivity contribution >= 4 is 35.8 Å². The van der Waals surface area contributed by atoms with Gasteiger partial charge in [0.2, 0.25) is 0 Å². The van der Waals surface area contributed by atoms with Gasteiger partial charge in [-0.2, -0.15) is 0 Å². The normalized spacial score (nSPS) is 5.56. The second-order valence-electron chi connectivity index (χ2n) is 3.11. The molecule has 0 radical (unpaired) electrons. The predicted molar refractivity (Wildman–Crippen MR) is 83.5 cm³/mol. The van der Waals surface area contributed by atoms with Crippen molar-refractivity contribution in [2.45, 2.75) is 41.5 Å². The largest absolute Gasteiger partial charge is 0.481 e. The molecule has 0 saturated carbocycles. The number of carboxylic acids is 6. The zero-order valence-corrected chi connectivity index (χ0v) is 18.8. The molecule has 0 heterocycles. The van der Waals surface area contributed by atoms with Gasteiger partial charge in [-0.15, -0.1) is 0 Å². The Labute approximate surface area is 185 Å². The van der Waals surface area contributed by atoms with Crippen molar-refractivity contribution in [3.63, 3.8) is 0 Å². The minimum atomic E-state index is -0.833. The summed E-state index contributed by atoms with van der Waals surface area (Å²) in [5, 5.41) is 44.5.